The minimum absolute atomic E-state index is 0.0103. The van der Waals surface area contributed by atoms with E-state index in [-0.39, 0.29) is 32.4 Å². The van der Waals surface area contributed by atoms with E-state index in [1.165, 1.54) is 6.07 Å². The van der Waals surface area contributed by atoms with Gasteiger partial charge >= 0.3 is 5.97 Å². The monoisotopic (exact) mass is 352 g/mol. The first-order valence-corrected chi connectivity index (χ1v) is 8.72. The van der Waals surface area contributed by atoms with E-state index >= 15 is 0 Å². The van der Waals surface area contributed by atoms with Crippen LogP contribution in [0.3, 0.4) is 0 Å². The largest absolute Gasteiger partial charge is 0.478 e. The zero-order valence-corrected chi connectivity index (χ0v) is 13.5. The topological polar surface area (TPSA) is 80.7 Å². The number of rotatable bonds is 4. The average molecular weight is 353 g/mol. The van der Waals surface area contributed by atoms with Crippen molar-refractivity contribution in [1.29, 1.82) is 0 Å². The lowest BCUT2D eigenvalue weighted by Crippen LogP contribution is -2.22. The molecule has 2 unspecified atom stereocenters. The van der Waals surface area contributed by atoms with Gasteiger partial charge in [0.15, 0.2) is 9.84 Å². The first-order chi connectivity index (χ1) is 9.70. The van der Waals surface area contributed by atoms with Gasteiger partial charge in [-0.25, -0.2) is 13.2 Å². The highest BCUT2D eigenvalue weighted by atomic mass is 35.5. The van der Waals surface area contributed by atoms with E-state index in [1.54, 1.807) is 0 Å². The van der Waals surface area contributed by atoms with E-state index in [9.17, 15) is 13.2 Å². The van der Waals surface area contributed by atoms with Crippen LogP contribution in [0.1, 0.15) is 30.1 Å². The van der Waals surface area contributed by atoms with Gasteiger partial charge in [0.2, 0.25) is 0 Å². The van der Waals surface area contributed by atoms with Crippen LogP contribution in [-0.2, 0) is 14.6 Å². The van der Waals surface area contributed by atoms with Gasteiger partial charge in [-0.05, 0) is 31.9 Å². The van der Waals surface area contributed by atoms with Crippen molar-refractivity contribution in [3.05, 3.63) is 27.7 Å². The molecule has 8 heteroatoms. The van der Waals surface area contributed by atoms with E-state index in [0.717, 1.165) is 12.5 Å². The molecular formula is C13H14Cl2O5S. The van der Waals surface area contributed by atoms with Crippen molar-refractivity contribution in [3.8, 4) is 0 Å². The molecule has 1 heterocycles. The number of halogens is 2. The first-order valence-electron chi connectivity index (χ1n) is 6.31. The third kappa shape index (κ3) is 3.69. The number of sulfone groups is 1. The fourth-order valence-electron chi connectivity index (χ4n) is 2.29. The van der Waals surface area contributed by atoms with Gasteiger partial charge in [-0.1, -0.05) is 23.2 Å². The normalized spacial score (nSPS) is 22.4. The zero-order valence-electron chi connectivity index (χ0n) is 11.2. The number of aromatic carboxylic acids is 1. The highest BCUT2D eigenvalue weighted by Crippen LogP contribution is 2.32. The van der Waals surface area contributed by atoms with Crippen molar-refractivity contribution >= 4 is 39.0 Å². The first kappa shape index (κ1) is 16.5. The predicted octanol–water partition coefficient (Wildman–Crippen LogP) is 3.03. The van der Waals surface area contributed by atoms with Gasteiger partial charge in [-0.3, -0.25) is 0 Å². The number of hydrogen-bond acceptors (Lipinski definition) is 4. The third-order valence-electron chi connectivity index (χ3n) is 3.29. The number of benzene rings is 1. The Morgan fingerprint density at radius 1 is 1.38 bits per heavy atom. The van der Waals surface area contributed by atoms with E-state index < -0.39 is 21.9 Å². The van der Waals surface area contributed by atoms with Crippen molar-refractivity contribution < 1.29 is 23.1 Å². The molecule has 0 radical (unpaired) electrons. The maximum Gasteiger partial charge on any atom is 0.337 e. The predicted molar refractivity (Wildman–Crippen MR) is 79.0 cm³/mol. The van der Waals surface area contributed by atoms with E-state index in [4.69, 9.17) is 33.0 Å². The van der Waals surface area contributed by atoms with E-state index in [0.29, 0.717) is 6.42 Å². The molecule has 0 spiro atoms. The van der Waals surface area contributed by atoms with Crippen molar-refractivity contribution in [2.45, 2.75) is 36.9 Å². The summed E-state index contributed by atoms with van der Waals surface area (Å²) in [6.07, 6.45) is 1.05. The van der Waals surface area contributed by atoms with Gasteiger partial charge in [0, 0.05) is 5.02 Å². The molecule has 116 valence electrons. The minimum atomic E-state index is -3.78. The van der Waals surface area contributed by atoms with Crippen molar-refractivity contribution in [2.75, 3.05) is 5.75 Å². The van der Waals surface area contributed by atoms with Crippen LogP contribution < -0.4 is 0 Å². The molecule has 1 fully saturated rings. The molecule has 1 aromatic rings. The Morgan fingerprint density at radius 2 is 2.05 bits per heavy atom. The lowest BCUT2D eigenvalue weighted by molar-refractivity contribution is 0.0688. The molecule has 1 saturated heterocycles. The zero-order chi connectivity index (χ0) is 15.8. The maximum atomic E-state index is 12.4. The van der Waals surface area contributed by atoms with Crippen molar-refractivity contribution in [3.63, 3.8) is 0 Å². The van der Waals surface area contributed by atoms with Crippen molar-refractivity contribution in [2.24, 2.45) is 0 Å². The van der Waals surface area contributed by atoms with E-state index in [2.05, 4.69) is 0 Å². The molecule has 2 rings (SSSR count). The average Bonchev–Trinajstić information content (AvgIpc) is 2.76. The molecule has 1 aromatic carbocycles. The maximum absolute atomic E-state index is 12.4. The van der Waals surface area contributed by atoms with Crippen LogP contribution in [0, 0.1) is 0 Å². The Hall–Kier alpha value is -0.820. The van der Waals surface area contributed by atoms with Crippen LogP contribution in [0.4, 0.5) is 0 Å². The summed E-state index contributed by atoms with van der Waals surface area (Å²) in [5.41, 5.74) is -0.330. The lowest BCUT2D eigenvalue weighted by Gasteiger charge is -2.14. The fraction of sp³-hybridized carbons (Fsp3) is 0.462. The van der Waals surface area contributed by atoms with Crippen molar-refractivity contribution in [1.82, 2.24) is 0 Å². The summed E-state index contributed by atoms with van der Waals surface area (Å²) in [6.45, 7) is 1.88. The molecule has 0 bridgehead atoms. The molecule has 1 aliphatic rings. The van der Waals surface area contributed by atoms with Crippen LogP contribution in [0.15, 0.2) is 17.0 Å². The molecule has 0 aromatic heterocycles. The molecule has 21 heavy (non-hydrogen) atoms. The van der Waals surface area contributed by atoms with Gasteiger partial charge < -0.3 is 9.84 Å². The molecule has 2 atom stereocenters. The second kappa shape index (κ2) is 6.12. The number of carboxylic acid groups (broad SMARTS) is 1. The summed E-state index contributed by atoms with van der Waals surface area (Å²) < 4.78 is 30.3. The number of ether oxygens (including phenoxy) is 1. The Balaban J connectivity index is 2.38. The van der Waals surface area contributed by atoms with E-state index in [1.807, 2.05) is 6.92 Å². The third-order valence-corrected chi connectivity index (χ3v) is 5.83. The SMILES string of the molecule is CC1CCC(CS(=O)(=O)c2cc(Cl)cc(C(=O)O)c2Cl)O1. The smallest absolute Gasteiger partial charge is 0.337 e. The highest BCUT2D eigenvalue weighted by molar-refractivity contribution is 7.91. The summed E-state index contributed by atoms with van der Waals surface area (Å²) in [5, 5.41) is 8.73. The van der Waals surface area contributed by atoms with Gasteiger partial charge in [0.05, 0.1) is 33.4 Å². The Labute approximate surface area is 132 Å². The quantitative estimate of drug-likeness (QED) is 0.900. The number of carboxylic acids is 1. The number of hydrogen-bond donors (Lipinski definition) is 1. The number of carbonyl (C=O) groups is 1. The standard InChI is InChI=1S/C13H14Cl2O5S/c1-7-2-3-9(20-7)6-21(18,19)11-5-8(14)4-10(12(11)15)13(16)17/h4-5,7,9H,2-3,6H2,1H3,(H,16,17). The van der Waals surface area contributed by atoms with Crippen LogP contribution in [0.25, 0.3) is 0 Å². The summed E-state index contributed by atoms with van der Waals surface area (Å²) in [4.78, 5) is 10.8. The van der Waals surface area contributed by atoms with Gasteiger partial charge in [-0.2, -0.15) is 0 Å². The summed E-state index contributed by atoms with van der Waals surface area (Å²) in [7, 11) is -3.78. The second-order valence-corrected chi connectivity index (χ2v) is 7.82. The molecular weight excluding hydrogens is 339 g/mol. The van der Waals surface area contributed by atoms with Gasteiger partial charge in [0.25, 0.3) is 0 Å². The van der Waals surface area contributed by atoms with Crippen LogP contribution in [0.2, 0.25) is 10.0 Å². The van der Waals surface area contributed by atoms with Crippen LogP contribution in [-0.4, -0.2) is 37.5 Å². The summed E-state index contributed by atoms with van der Waals surface area (Å²) >= 11 is 11.7. The Bertz CT molecular complexity index is 671. The molecule has 1 N–H and O–H groups in total. The Kier molecular flexibility index (Phi) is 4.82. The highest BCUT2D eigenvalue weighted by Gasteiger charge is 2.30. The molecule has 0 saturated carbocycles. The van der Waals surface area contributed by atoms with Gasteiger partial charge in [-0.15, -0.1) is 0 Å². The summed E-state index contributed by atoms with van der Waals surface area (Å²) in [5.74, 6) is -1.57. The molecule has 0 aliphatic carbocycles. The second-order valence-electron chi connectivity index (χ2n) is 5.00. The lowest BCUT2D eigenvalue weighted by atomic mass is 10.2. The minimum Gasteiger partial charge on any atom is -0.478 e. The fourth-order valence-corrected chi connectivity index (χ4v) is 4.72. The molecule has 0 amide bonds. The summed E-state index contributed by atoms with van der Waals surface area (Å²) in [6, 6.07) is 2.30. The Morgan fingerprint density at radius 3 is 2.57 bits per heavy atom. The molecule has 5 nitrogen and oxygen atoms in total. The van der Waals surface area contributed by atoms with Gasteiger partial charge in [0.1, 0.15) is 0 Å². The van der Waals surface area contributed by atoms with Crippen LogP contribution >= 0.6 is 23.2 Å². The van der Waals surface area contributed by atoms with Crippen LogP contribution in [0.5, 0.6) is 0 Å². The molecule has 1 aliphatic heterocycles.